The van der Waals surface area contributed by atoms with E-state index < -0.39 is 0 Å². The van der Waals surface area contributed by atoms with Gasteiger partial charge in [0, 0.05) is 0 Å². The molecule has 0 aliphatic carbocycles. The van der Waals surface area contributed by atoms with E-state index in [2.05, 4.69) is 65.4 Å². The van der Waals surface area contributed by atoms with Crippen LogP contribution in [0.2, 0.25) is 0 Å². The van der Waals surface area contributed by atoms with Gasteiger partial charge in [0.05, 0.1) is 17.8 Å². The Morgan fingerprint density at radius 2 is 1.93 bits per heavy atom. The molecule has 2 rings (SSSR count). The van der Waals surface area contributed by atoms with E-state index in [0.29, 0.717) is 30.6 Å². The number of nitrogens with one attached hydrogen (secondary N) is 1. The van der Waals surface area contributed by atoms with E-state index >= 15 is 0 Å². The van der Waals surface area contributed by atoms with Crippen LogP contribution in [0.1, 0.15) is 36.5 Å². The summed E-state index contributed by atoms with van der Waals surface area (Å²) in [5.41, 5.74) is 11.0. The summed E-state index contributed by atoms with van der Waals surface area (Å²) >= 11 is 8.24. The molecule has 2 aromatic rings. The standard InChI is InChI=1S/C21H26BrN3O3S/c1-13(2)16-6-5-14(3)9-18(16)27-7-8-28-20-17(22)10-15(11-19(20)26-4)12-24-25-21(23)29/h5-6,9-13H,7-8H2,1-4H3,(H3,23,25,29)/b24-12-. The molecule has 0 amide bonds. The van der Waals surface area contributed by atoms with E-state index in [1.807, 2.05) is 12.1 Å². The molecule has 0 saturated carbocycles. The van der Waals surface area contributed by atoms with Crippen LogP contribution in [0, 0.1) is 6.92 Å². The molecule has 3 N–H and O–H groups in total. The lowest BCUT2D eigenvalue weighted by atomic mass is 10.0. The van der Waals surface area contributed by atoms with Crippen LogP contribution in [0.5, 0.6) is 17.2 Å². The third-order valence-electron chi connectivity index (χ3n) is 4.02. The minimum absolute atomic E-state index is 0.0986. The molecule has 8 heteroatoms. The molecule has 29 heavy (non-hydrogen) atoms. The highest BCUT2D eigenvalue weighted by Gasteiger charge is 2.12. The van der Waals surface area contributed by atoms with Gasteiger partial charge in [-0.15, -0.1) is 0 Å². The Kier molecular flexibility index (Phi) is 8.72. The van der Waals surface area contributed by atoms with Crippen molar-refractivity contribution in [3.05, 3.63) is 51.5 Å². The first-order valence-electron chi connectivity index (χ1n) is 9.14. The summed E-state index contributed by atoms with van der Waals surface area (Å²) in [6.45, 7) is 7.14. The molecule has 0 saturated heterocycles. The van der Waals surface area contributed by atoms with Crippen LogP contribution < -0.4 is 25.4 Å². The Labute approximate surface area is 185 Å². The number of benzene rings is 2. The maximum atomic E-state index is 5.98. The molecule has 0 aliphatic heterocycles. The van der Waals surface area contributed by atoms with Gasteiger partial charge in [0.1, 0.15) is 19.0 Å². The van der Waals surface area contributed by atoms with Crippen LogP contribution in [0.3, 0.4) is 0 Å². The molecule has 0 spiro atoms. The Hall–Kier alpha value is -2.32. The molecule has 0 aliphatic rings. The number of methoxy groups -OCH3 is 1. The third-order valence-corrected chi connectivity index (χ3v) is 4.70. The summed E-state index contributed by atoms with van der Waals surface area (Å²) in [7, 11) is 1.58. The van der Waals surface area contributed by atoms with Crippen molar-refractivity contribution in [2.75, 3.05) is 20.3 Å². The molecule has 0 heterocycles. The molecule has 0 fully saturated rings. The second-order valence-electron chi connectivity index (χ2n) is 6.66. The molecule has 0 aromatic heterocycles. The smallest absolute Gasteiger partial charge is 0.184 e. The van der Waals surface area contributed by atoms with Gasteiger partial charge in [0.25, 0.3) is 0 Å². The molecule has 0 radical (unpaired) electrons. The molecular weight excluding hydrogens is 454 g/mol. The number of aryl methyl sites for hydroxylation is 1. The summed E-state index contributed by atoms with van der Waals surface area (Å²) in [5, 5.41) is 4.05. The molecule has 0 bridgehead atoms. The largest absolute Gasteiger partial charge is 0.493 e. The number of hydrogen-bond donors (Lipinski definition) is 2. The molecule has 156 valence electrons. The first-order valence-corrected chi connectivity index (χ1v) is 10.3. The Bertz CT molecular complexity index is 888. The van der Waals surface area contributed by atoms with Crippen LogP contribution in [-0.2, 0) is 0 Å². The maximum Gasteiger partial charge on any atom is 0.184 e. The van der Waals surface area contributed by atoms with Crippen LogP contribution in [-0.4, -0.2) is 31.7 Å². The molecule has 2 aromatic carbocycles. The van der Waals surface area contributed by atoms with Crippen LogP contribution in [0.15, 0.2) is 39.9 Å². The number of thiocarbonyl (C=S) groups is 1. The van der Waals surface area contributed by atoms with Gasteiger partial charge in [-0.25, -0.2) is 0 Å². The van der Waals surface area contributed by atoms with Crippen molar-refractivity contribution in [1.82, 2.24) is 5.43 Å². The highest BCUT2D eigenvalue weighted by Crippen LogP contribution is 2.36. The van der Waals surface area contributed by atoms with E-state index in [1.54, 1.807) is 13.3 Å². The highest BCUT2D eigenvalue weighted by atomic mass is 79.9. The zero-order valence-corrected chi connectivity index (χ0v) is 19.4. The topological polar surface area (TPSA) is 78.1 Å². The Morgan fingerprint density at radius 1 is 1.21 bits per heavy atom. The van der Waals surface area contributed by atoms with E-state index in [9.17, 15) is 0 Å². The molecule has 0 unspecified atom stereocenters. The zero-order chi connectivity index (χ0) is 21.4. The van der Waals surface area contributed by atoms with E-state index in [0.717, 1.165) is 21.3 Å². The van der Waals surface area contributed by atoms with Gasteiger partial charge in [-0.05, 0) is 75.9 Å². The highest BCUT2D eigenvalue weighted by molar-refractivity contribution is 9.10. The van der Waals surface area contributed by atoms with Crippen LogP contribution >= 0.6 is 28.1 Å². The number of hydrazone groups is 1. The second-order valence-corrected chi connectivity index (χ2v) is 7.96. The van der Waals surface area contributed by atoms with Crippen molar-refractivity contribution in [2.24, 2.45) is 10.8 Å². The van der Waals surface area contributed by atoms with Crippen LogP contribution in [0.25, 0.3) is 0 Å². The van der Waals surface area contributed by atoms with Crippen LogP contribution in [0.4, 0.5) is 0 Å². The first-order chi connectivity index (χ1) is 13.8. The van der Waals surface area contributed by atoms with E-state index in [-0.39, 0.29) is 5.11 Å². The van der Waals surface area contributed by atoms with Gasteiger partial charge in [0.15, 0.2) is 16.6 Å². The number of halogens is 1. The predicted molar refractivity (Wildman–Crippen MR) is 124 cm³/mol. The molecular formula is C21H26BrN3O3S. The lowest BCUT2D eigenvalue weighted by Crippen LogP contribution is -2.23. The lowest BCUT2D eigenvalue weighted by Gasteiger charge is -2.16. The van der Waals surface area contributed by atoms with E-state index in [4.69, 9.17) is 32.2 Å². The fourth-order valence-electron chi connectivity index (χ4n) is 2.66. The summed E-state index contributed by atoms with van der Waals surface area (Å²) < 4.78 is 18.1. The average Bonchev–Trinajstić information content (AvgIpc) is 2.65. The second kappa shape index (κ2) is 11.0. The van der Waals surface area contributed by atoms with Gasteiger partial charge < -0.3 is 19.9 Å². The number of hydrogen-bond acceptors (Lipinski definition) is 5. The molecule has 0 atom stereocenters. The minimum Gasteiger partial charge on any atom is -0.493 e. The van der Waals surface area contributed by atoms with Crippen molar-refractivity contribution >= 4 is 39.5 Å². The number of ether oxygens (including phenoxy) is 3. The summed E-state index contributed by atoms with van der Waals surface area (Å²) in [6.07, 6.45) is 1.59. The summed E-state index contributed by atoms with van der Waals surface area (Å²) in [6, 6.07) is 9.94. The fraction of sp³-hybridized carbons (Fsp3) is 0.333. The number of nitrogens with two attached hydrogens (primary N) is 1. The lowest BCUT2D eigenvalue weighted by molar-refractivity contribution is 0.209. The number of nitrogens with zero attached hydrogens (tertiary/aromatic N) is 1. The van der Waals surface area contributed by atoms with Gasteiger partial charge in [-0.1, -0.05) is 26.0 Å². The van der Waals surface area contributed by atoms with Gasteiger partial charge in [-0.2, -0.15) is 5.10 Å². The average molecular weight is 480 g/mol. The zero-order valence-electron chi connectivity index (χ0n) is 17.0. The minimum atomic E-state index is 0.0986. The van der Waals surface area contributed by atoms with Gasteiger partial charge >= 0.3 is 0 Å². The summed E-state index contributed by atoms with van der Waals surface area (Å²) in [5.74, 6) is 2.46. The molecule has 6 nitrogen and oxygen atoms in total. The van der Waals surface area contributed by atoms with Crippen molar-refractivity contribution < 1.29 is 14.2 Å². The summed E-state index contributed by atoms with van der Waals surface area (Å²) in [4.78, 5) is 0. The van der Waals surface area contributed by atoms with Crippen molar-refractivity contribution in [2.45, 2.75) is 26.7 Å². The Balaban J connectivity index is 2.03. The predicted octanol–water partition coefficient (Wildman–Crippen LogP) is 4.51. The van der Waals surface area contributed by atoms with Crippen molar-refractivity contribution in [3.8, 4) is 17.2 Å². The Morgan fingerprint density at radius 3 is 2.59 bits per heavy atom. The third kappa shape index (κ3) is 6.90. The van der Waals surface area contributed by atoms with Crippen molar-refractivity contribution in [1.29, 1.82) is 0 Å². The van der Waals surface area contributed by atoms with Gasteiger partial charge in [0.2, 0.25) is 0 Å². The first kappa shape index (κ1) is 23.0. The van der Waals surface area contributed by atoms with E-state index in [1.165, 1.54) is 5.56 Å². The van der Waals surface area contributed by atoms with Gasteiger partial charge in [-0.3, -0.25) is 5.43 Å². The maximum absolute atomic E-state index is 5.98. The number of rotatable bonds is 9. The normalized spacial score (nSPS) is 11.0. The SMILES string of the molecule is COc1cc(/C=N\NC(N)=S)cc(Br)c1OCCOc1cc(C)ccc1C(C)C. The van der Waals surface area contributed by atoms with Crippen molar-refractivity contribution in [3.63, 3.8) is 0 Å². The quantitative estimate of drug-likeness (QED) is 0.238. The monoisotopic (exact) mass is 479 g/mol. The fourth-order valence-corrected chi connectivity index (χ4v) is 3.29.